The highest BCUT2D eigenvalue weighted by atomic mass is 35.5. The van der Waals surface area contributed by atoms with E-state index in [9.17, 15) is 5.11 Å². The van der Waals surface area contributed by atoms with Crippen molar-refractivity contribution in [1.29, 1.82) is 0 Å². The van der Waals surface area contributed by atoms with E-state index >= 15 is 0 Å². The topological polar surface area (TPSA) is 75.1 Å². The standard InChI is InChI=1S/C18H13ClN4O/c19-12-2-1-3-13(8-12)22-17-15-9-16(23-18(15)21-10-20-17)11-4-6-14(24)7-5-11/h1-10,24H,(H2,20,21,22,23)/p+1. The number of H-pyrrole nitrogens is 2. The molecule has 6 heteroatoms. The van der Waals surface area contributed by atoms with Crippen LogP contribution < -0.4 is 10.3 Å². The molecule has 0 bridgehead atoms. The minimum Gasteiger partial charge on any atom is -0.508 e. The maximum Gasteiger partial charge on any atom is 0.236 e. The Balaban J connectivity index is 1.76. The molecule has 0 amide bonds. The Morgan fingerprint density at radius 1 is 1.08 bits per heavy atom. The van der Waals surface area contributed by atoms with Gasteiger partial charge in [0.15, 0.2) is 0 Å². The fraction of sp³-hybridized carbons (Fsp3) is 0. The van der Waals surface area contributed by atoms with E-state index in [-0.39, 0.29) is 5.75 Å². The number of aromatic hydroxyl groups is 1. The highest BCUT2D eigenvalue weighted by Crippen LogP contribution is 2.28. The first-order valence-corrected chi connectivity index (χ1v) is 7.78. The number of nitrogens with one attached hydrogen (secondary N) is 3. The second-order valence-corrected chi connectivity index (χ2v) is 5.84. The molecule has 4 rings (SSSR count). The van der Waals surface area contributed by atoms with Gasteiger partial charge < -0.3 is 10.4 Å². The van der Waals surface area contributed by atoms with Crippen LogP contribution in [-0.2, 0) is 0 Å². The molecule has 0 fully saturated rings. The number of halogens is 1. The average Bonchev–Trinajstić information content (AvgIpc) is 3.01. The number of phenolic OH excluding ortho intramolecular Hbond substituents is 1. The first kappa shape index (κ1) is 14.5. The molecule has 5 nitrogen and oxygen atoms in total. The van der Waals surface area contributed by atoms with Crippen molar-refractivity contribution in [2.24, 2.45) is 0 Å². The molecule has 24 heavy (non-hydrogen) atoms. The van der Waals surface area contributed by atoms with Crippen molar-refractivity contribution in [2.45, 2.75) is 0 Å². The van der Waals surface area contributed by atoms with Gasteiger partial charge in [-0.05, 0) is 48.5 Å². The Labute approximate surface area is 143 Å². The summed E-state index contributed by atoms with van der Waals surface area (Å²) in [5.41, 5.74) is 3.64. The largest absolute Gasteiger partial charge is 0.508 e. The van der Waals surface area contributed by atoms with Crippen LogP contribution in [-0.4, -0.2) is 15.1 Å². The van der Waals surface area contributed by atoms with Crippen molar-refractivity contribution in [3.63, 3.8) is 0 Å². The van der Waals surface area contributed by atoms with Gasteiger partial charge in [-0.25, -0.2) is 4.98 Å². The fourth-order valence-electron chi connectivity index (χ4n) is 2.59. The molecule has 0 saturated carbocycles. The quantitative estimate of drug-likeness (QED) is 0.525. The first-order valence-electron chi connectivity index (χ1n) is 7.40. The molecule has 0 aliphatic rings. The Hall–Kier alpha value is -3.05. The van der Waals surface area contributed by atoms with Crippen LogP contribution >= 0.6 is 11.6 Å². The summed E-state index contributed by atoms with van der Waals surface area (Å²) in [6.45, 7) is 0. The van der Waals surface area contributed by atoms with Gasteiger partial charge in [0.25, 0.3) is 0 Å². The van der Waals surface area contributed by atoms with E-state index < -0.39 is 0 Å². The number of aromatic amines is 2. The van der Waals surface area contributed by atoms with Gasteiger partial charge in [0.1, 0.15) is 16.8 Å². The summed E-state index contributed by atoms with van der Waals surface area (Å²) in [5, 5.41) is 14.3. The third-order valence-electron chi connectivity index (χ3n) is 3.74. The third-order valence-corrected chi connectivity index (χ3v) is 3.98. The summed E-state index contributed by atoms with van der Waals surface area (Å²) in [6, 6.07) is 16.5. The van der Waals surface area contributed by atoms with E-state index in [0.29, 0.717) is 5.02 Å². The normalized spacial score (nSPS) is 10.9. The van der Waals surface area contributed by atoms with E-state index in [1.54, 1.807) is 18.5 Å². The lowest BCUT2D eigenvalue weighted by atomic mass is 10.1. The maximum atomic E-state index is 9.43. The minimum absolute atomic E-state index is 0.242. The molecule has 0 radical (unpaired) electrons. The summed E-state index contributed by atoms with van der Waals surface area (Å²) in [6.07, 6.45) is 1.63. The molecule has 0 saturated heterocycles. The van der Waals surface area contributed by atoms with Gasteiger partial charge in [-0.1, -0.05) is 22.7 Å². The van der Waals surface area contributed by atoms with Crippen LogP contribution in [0.3, 0.4) is 0 Å². The van der Waals surface area contributed by atoms with E-state index in [4.69, 9.17) is 11.6 Å². The average molecular weight is 338 g/mol. The second-order valence-electron chi connectivity index (χ2n) is 5.41. The number of fused-ring (bicyclic) bond motifs is 1. The number of aromatic nitrogens is 3. The van der Waals surface area contributed by atoms with Gasteiger partial charge in [0.05, 0.1) is 0 Å². The summed E-state index contributed by atoms with van der Waals surface area (Å²) in [5.74, 6) is 0.971. The van der Waals surface area contributed by atoms with Crippen LogP contribution in [0, 0.1) is 0 Å². The van der Waals surface area contributed by atoms with E-state index in [0.717, 1.165) is 33.8 Å². The number of benzene rings is 2. The van der Waals surface area contributed by atoms with Gasteiger partial charge in [-0.2, -0.15) is 0 Å². The van der Waals surface area contributed by atoms with E-state index in [1.165, 1.54) is 0 Å². The Morgan fingerprint density at radius 2 is 1.92 bits per heavy atom. The van der Waals surface area contributed by atoms with Gasteiger partial charge in [-0.15, -0.1) is 0 Å². The number of nitrogens with zero attached hydrogens (tertiary/aromatic N) is 1. The molecular formula is C18H14ClN4O+. The van der Waals surface area contributed by atoms with Gasteiger partial charge in [0, 0.05) is 16.3 Å². The zero-order valence-electron chi connectivity index (χ0n) is 12.5. The summed E-state index contributed by atoms with van der Waals surface area (Å²) in [7, 11) is 0. The summed E-state index contributed by atoms with van der Waals surface area (Å²) in [4.78, 5) is 10.8. The van der Waals surface area contributed by atoms with Gasteiger partial charge in [0.2, 0.25) is 17.8 Å². The third kappa shape index (κ3) is 2.77. The van der Waals surface area contributed by atoms with Crippen LogP contribution in [0.1, 0.15) is 0 Å². The van der Waals surface area contributed by atoms with Crippen LogP contribution in [0.5, 0.6) is 5.75 Å². The number of phenols is 1. The molecule has 2 aromatic heterocycles. The Morgan fingerprint density at radius 3 is 2.71 bits per heavy atom. The number of hydrogen-bond donors (Lipinski definition) is 3. The fourth-order valence-corrected chi connectivity index (χ4v) is 2.78. The van der Waals surface area contributed by atoms with Crippen LogP contribution in [0.25, 0.3) is 22.3 Å². The molecule has 2 aromatic carbocycles. The maximum absolute atomic E-state index is 9.43. The smallest absolute Gasteiger partial charge is 0.236 e. The van der Waals surface area contributed by atoms with Crippen molar-refractivity contribution in [1.82, 2.24) is 9.97 Å². The zero-order chi connectivity index (χ0) is 16.5. The highest BCUT2D eigenvalue weighted by Gasteiger charge is 2.14. The van der Waals surface area contributed by atoms with E-state index in [2.05, 4.69) is 20.3 Å². The van der Waals surface area contributed by atoms with Crippen LogP contribution in [0.4, 0.5) is 11.5 Å². The number of anilines is 2. The molecule has 0 atom stereocenters. The number of hydrogen-bond acceptors (Lipinski definition) is 3. The summed E-state index contributed by atoms with van der Waals surface area (Å²) >= 11 is 6.03. The highest BCUT2D eigenvalue weighted by molar-refractivity contribution is 6.30. The Bertz CT molecular complexity index is 1010. The SMILES string of the molecule is Oc1ccc(-c2cc3c(Nc4cccc(Cl)c4)nc[nH+]c3[nH]2)cc1. The van der Waals surface area contributed by atoms with Crippen molar-refractivity contribution in [3.05, 3.63) is 65.9 Å². The Kier molecular flexibility index (Phi) is 3.55. The lowest BCUT2D eigenvalue weighted by Gasteiger charge is -2.03. The summed E-state index contributed by atoms with van der Waals surface area (Å²) < 4.78 is 0. The molecular weight excluding hydrogens is 324 g/mol. The predicted molar refractivity (Wildman–Crippen MR) is 94.5 cm³/mol. The first-order chi connectivity index (χ1) is 11.7. The van der Waals surface area contributed by atoms with E-state index in [1.807, 2.05) is 42.5 Å². The molecule has 0 spiro atoms. The van der Waals surface area contributed by atoms with Gasteiger partial charge in [-0.3, -0.25) is 4.98 Å². The van der Waals surface area contributed by atoms with Crippen LogP contribution in [0.15, 0.2) is 60.9 Å². The molecule has 0 aliphatic heterocycles. The molecule has 4 N–H and O–H groups in total. The molecule has 2 heterocycles. The lowest BCUT2D eigenvalue weighted by Crippen LogP contribution is -2.06. The molecule has 0 aliphatic carbocycles. The minimum atomic E-state index is 0.242. The van der Waals surface area contributed by atoms with Crippen LogP contribution in [0.2, 0.25) is 5.02 Å². The van der Waals surface area contributed by atoms with Crippen molar-refractivity contribution in [2.75, 3.05) is 5.32 Å². The van der Waals surface area contributed by atoms with Crippen molar-refractivity contribution >= 4 is 34.1 Å². The lowest BCUT2D eigenvalue weighted by molar-refractivity contribution is -0.352. The monoisotopic (exact) mass is 337 g/mol. The predicted octanol–water partition coefficient (Wildman–Crippen LogP) is 4.15. The molecule has 118 valence electrons. The molecule has 4 aromatic rings. The number of rotatable bonds is 3. The second kappa shape index (κ2) is 5.86. The molecule has 0 unspecified atom stereocenters. The van der Waals surface area contributed by atoms with Gasteiger partial charge >= 0.3 is 0 Å². The van der Waals surface area contributed by atoms with Crippen molar-refractivity contribution in [3.8, 4) is 17.0 Å². The zero-order valence-corrected chi connectivity index (χ0v) is 13.3. The van der Waals surface area contributed by atoms with Crippen molar-refractivity contribution < 1.29 is 10.1 Å².